The van der Waals surface area contributed by atoms with Crippen LogP contribution in [0.25, 0.3) is 0 Å². The predicted octanol–water partition coefficient (Wildman–Crippen LogP) is 4.37. The van der Waals surface area contributed by atoms with Crippen LogP contribution in [-0.2, 0) is 28.7 Å². The summed E-state index contributed by atoms with van der Waals surface area (Å²) in [5.74, 6) is -16.4. The number of carbonyl (C=O) groups is 2. The van der Waals surface area contributed by atoms with Crippen LogP contribution in [0.1, 0.15) is 66.3 Å². The first-order valence-corrected chi connectivity index (χ1v) is 19.5. The highest BCUT2D eigenvalue weighted by atomic mass is 16.6. The van der Waals surface area contributed by atoms with Crippen molar-refractivity contribution in [3.63, 3.8) is 0 Å². The summed E-state index contributed by atoms with van der Waals surface area (Å²) in [6.45, 7) is 0. The molecule has 0 spiro atoms. The first kappa shape index (κ1) is 44.3. The fourth-order valence-corrected chi connectivity index (χ4v) is 7.86. The third-order valence-electron chi connectivity index (χ3n) is 11.2. The molecule has 0 saturated carbocycles. The SMILES string of the molecule is O=C(O[C@@H]1Cc2c(O)cc(O)c(Cc3c(O)cc(O)c4c3O[C@H](c3cc(O)c(O)c(O)c3)[C@H](OC(=O)c3cc(O)c(O)c(O)c3)C4)c2O[C@@H]1c1cc(O)c(O)c(O)c1)c1cc(O)c(O)c(O)c1. The minimum absolute atomic E-state index is 0.135. The Morgan fingerprint density at radius 1 is 0.403 bits per heavy atom. The average Bonchev–Trinajstić information content (AvgIpc) is 3.27. The van der Waals surface area contributed by atoms with Crippen molar-refractivity contribution in [2.75, 3.05) is 0 Å². The quantitative estimate of drug-likeness (QED) is 0.0744. The Bertz CT molecular complexity index is 2760. The van der Waals surface area contributed by atoms with Gasteiger partial charge in [-0.1, -0.05) is 0 Å². The van der Waals surface area contributed by atoms with Crippen LogP contribution >= 0.6 is 0 Å². The van der Waals surface area contributed by atoms with E-state index >= 15 is 0 Å². The van der Waals surface area contributed by atoms with Crippen LogP contribution in [0.15, 0.2) is 60.7 Å². The van der Waals surface area contributed by atoms with E-state index in [0.717, 1.165) is 60.7 Å². The van der Waals surface area contributed by atoms with Crippen molar-refractivity contribution in [2.45, 2.75) is 43.7 Å². The monoisotopic (exact) mass is 928 g/mol. The van der Waals surface area contributed by atoms with Gasteiger partial charge in [-0.2, -0.15) is 0 Å². The highest BCUT2D eigenvalue weighted by Gasteiger charge is 2.42. The normalized spacial score (nSPS) is 17.3. The molecule has 0 saturated heterocycles. The van der Waals surface area contributed by atoms with E-state index in [2.05, 4.69) is 0 Å². The Morgan fingerprint density at radius 3 is 0.985 bits per heavy atom. The molecular formula is C45H36O22. The Balaban J connectivity index is 1.22. The Labute approximate surface area is 373 Å². The molecule has 4 atom stereocenters. The average molecular weight is 929 g/mol. The third kappa shape index (κ3) is 7.87. The second kappa shape index (κ2) is 16.3. The molecule has 2 aliphatic heterocycles. The highest BCUT2D eigenvalue weighted by Crippen LogP contribution is 2.53. The number of fused-ring (bicyclic) bond motifs is 2. The second-order valence-electron chi connectivity index (χ2n) is 15.5. The van der Waals surface area contributed by atoms with Crippen molar-refractivity contribution in [3.05, 3.63) is 105 Å². The molecule has 2 aliphatic rings. The first-order chi connectivity index (χ1) is 31.6. The van der Waals surface area contributed by atoms with Gasteiger partial charge in [0.15, 0.2) is 81.2 Å². The summed E-state index contributed by atoms with van der Waals surface area (Å²) in [5.41, 5.74) is -1.95. The van der Waals surface area contributed by atoms with E-state index in [4.69, 9.17) is 18.9 Å². The zero-order valence-electron chi connectivity index (χ0n) is 33.8. The molecule has 22 nitrogen and oxygen atoms in total. The lowest BCUT2D eigenvalue weighted by atomic mass is 9.87. The zero-order chi connectivity index (χ0) is 48.5. The maximum absolute atomic E-state index is 13.4. The molecule has 0 bridgehead atoms. The number of benzene rings is 6. The minimum atomic E-state index is -1.58. The number of rotatable bonds is 8. The number of carbonyl (C=O) groups excluding carboxylic acids is 2. The first-order valence-electron chi connectivity index (χ1n) is 19.5. The predicted molar refractivity (Wildman–Crippen MR) is 221 cm³/mol. The lowest BCUT2D eigenvalue weighted by Crippen LogP contribution is -2.35. The fourth-order valence-electron chi connectivity index (χ4n) is 7.86. The fraction of sp³-hybridized carbons (Fsp3) is 0.156. The molecule has 16 N–H and O–H groups in total. The van der Waals surface area contributed by atoms with Gasteiger partial charge in [0.2, 0.25) is 0 Å². The smallest absolute Gasteiger partial charge is 0.338 e. The van der Waals surface area contributed by atoms with Gasteiger partial charge in [-0.05, 0) is 48.5 Å². The lowest BCUT2D eigenvalue weighted by molar-refractivity contribution is -0.0194. The molecule has 67 heavy (non-hydrogen) atoms. The molecule has 6 aromatic rings. The molecular weight excluding hydrogens is 892 g/mol. The van der Waals surface area contributed by atoms with E-state index in [9.17, 15) is 91.3 Å². The number of aromatic hydroxyl groups is 16. The number of hydrogen-bond donors (Lipinski definition) is 16. The van der Waals surface area contributed by atoms with Crippen molar-refractivity contribution in [1.29, 1.82) is 0 Å². The van der Waals surface area contributed by atoms with Crippen molar-refractivity contribution < 1.29 is 110 Å². The van der Waals surface area contributed by atoms with Crippen LogP contribution in [0.5, 0.6) is 103 Å². The zero-order valence-corrected chi connectivity index (χ0v) is 33.8. The van der Waals surface area contributed by atoms with Gasteiger partial charge >= 0.3 is 11.9 Å². The van der Waals surface area contributed by atoms with Crippen molar-refractivity contribution in [3.8, 4) is 103 Å². The minimum Gasteiger partial charge on any atom is -0.507 e. The van der Waals surface area contributed by atoms with Crippen LogP contribution < -0.4 is 9.47 Å². The summed E-state index contributed by atoms with van der Waals surface area (Å²) in [4.78, 5) is 26.9. The van der Waals surface area contributed by atoms with Gasteiger partial charge < -0.3 is 101 Å². The van der Waals surface area contributed by atoms with Gasteiger partial charge in [-0.25, -0.2) is 9.59 Å². The Kier molecular flexibility index (Phi) is 10.8. The highest BCUT2D eigenvalue weighted by molar-refractivity contribution is 5.92. The molecule has 348 valence electrons. The van der Waals surface area contributed by atoms with Crippen molar-refractivity contribution >= 4 is 11.9 Å². The van der Waals surface area contributed by atoms with Crippen LogP contribution in [0, 0.1) is 0 Å². The van der Waals surface area contributed by atoms with Gasteiger partial charge in [0.05, 0.1) is 11.1 Å². The van der Waals surface area contributed by atoms with Crippen molar-refractivity contribution in [2.24, 2.45) is 0 Å². The van der Waals surface area contributed by atoms with Crippen LogP contribution in [0.4, 0.5) is 0 Å². The van der Waals surface area contributed by atoms with E-state index in [-0.39, 0.29) is 44.9 Å². The molecule has 0 aliphatic carbocycles. The van der Waals surface area contributed by atoms with E-state index in [1.54, 1.807) is 0 Å². The topological polar surface area (TPSA) is 395 Å². The second-order valence-corrected chi connectivity index (χ2v) is 15.5. The number of hydrogen-bond acceptors (Lipinski definition) is 22. The molecule has 0 unspecified atom stereocenters. The summed E-state index contributed by atoms with van der Waals surface area (Å²) in [6.07, 6.45) is -7.75. The number of phenolic OH excluding ortho intramolecular Hbond substituents is 16. The maximum Gasteiger partial charge on any atom is 0.338 e. The van der Waals surface area contributed by atoms with Crippen LogP contribution in [0.3, 0.4) is 0 Å². The van der Waals surface area contributed by atoms with E-state index in [0.29, 0.717) is 0 Å². The van der Waals surface area contributed by atoms with Gasteiger partial charge in [-0.15, -0.1) is 0 Å². The molecule has 0 amide bonds. The molecule has 0 fully saturated rings. The van der Waals surface area contributed by atoms with Gasteiger partial charge in [0, 0.05) is 64.8 Å². The number of esters is 2. The standard InChI is InChI=1S/C45H36O22/c46-22-12-24(48)20-10-34(64-44(62)16-5-30(54)38(60)31(55)6-16)40(14-1-26(50)36(58)27(51)2-14)66-42(20)18(22)9-19-23(47)13-25(49)21-11-35(65-45(63)17-7-32(56)39(61)33(57)8-17)41(67-43(19)21)15-3-28(52)37(59)29(53)4-15/h1-8,12-13,34-35,40-41,46-61H,9-11H2/t34-,35-,40-,41-/m1/s1. The van der Waals surface area contributed by atoms with Gasteiger partial charge in [-0.3, -0.25) is 0 Å². The van der Waals surface area contributed by atoms with E-state index in [1.807, 2.05) is 0 Å². The van der Waals surface area contributed by atoms with E-state index < -0.39 is 159 Å². The molecule has 8 rings (SSSR count). The maximum atomic E-state index is 13.4. The molecule has 0 radical (unpaired) electrons. The van der Waals surface area contributed by atoms with Crippen LogP contribution in [0.2, 0.25) is 0 Å². The lowest BCUT2D eigenvalue weighted by Gasteiger charge is -2.36. The summed E-state index contributed by atoms with van der Waals surface area (Å²) in [5, 5.41) is 167. The molecule has 2 heterocycles. The molecule has 22 heteroatoms. The van der Waals surface area contributed by atoms with Crippen LogP contribution in [-0.4, -0.2) is 106 Å². The van der Waals surface area contributed by atoms with Gasteiger partial charge in [0.1, 0.15) is 46.7 Å². The Hall–Kier alpha value is -9.34. The Morgan fingerprint density at radius 2 is 0.687 bits per heavy atom. The summed E-state index contributed by atoms with van der Waals surface area (Å²) in [6, 6.07) is 8.65. The summed E-state index contributed by atoms with van der Waals surface area (Å²) >= 11 is 0. The number of phenols is 16. The molecule has 6 aromatic carbocycles. The van der Waals surface area contributed by atoms with E-state index in [1.165, 1.54) is 0 Å². The third-order valence-corrected chi connectivity index (χ3v) is 11.2. The largest absolute Gasteiger partial charge is 0.507 e. The number of ether oxygens (including phenoxy) is 4. The van der Waals surface area contributed by atoms with Crippen molar-refractivity contribution in [1.82, 2.24) is 0 Å². The summed E-state index contributed by atoms with van der Waals surface area (Å²) in [7, 11) is 0. The molecule has 0 aromatic heterocycles. The van der Waals surface area contributed by atoms with Gasteiger partial charge in [0.25, 0.3) is 0 Å². The summed E-state index contributed by atoms with van der Waals surface area (Å²) < 4.78 is 24.0.